The van der Waals surface area contributed by atoms with E-state index < -0.39 is 66.3 Å². The summed E-state index contributed by atoms with van der Waals surface area (Å²) in [6, 6.07) is 10.4. The van der Waals surface area contributed by atoms with Gasteiger partial charge < -0.3 is 61.2 Å². The Hall–Kier alpha value is -7.85. The third-order valence-corrected chi connectivity index (χ3v) is 14.2. The quantitative estimate of drug-likeness (QED) is 0.0237. The Kier molecular flexibility index (Phi) is 21.5. The van der Waals surface area contributed by atoms with Gasteiger partial charge in [-0.3, -0.25) is 38.4 Å². The van der Waals surface area contributed by atoms with Gasteiger partial charge in [-0.25, -0.2) is 9.37 Å². The maximum absolute atomic E-state index is 15.5. The molecule has 0 fully saturated rings. The molecule has 3 aliphatic rings. The van der Waals surface area contributed by atoms with Gasteiger partial charge in [-0.1, -0.05) is 50.6 Å². The number of aliphatic hydroxyl groups is 1. The van der Waals surface area contributed by atoms with Gasteiger partial charge in [-0.05, 0) is 94.2 Å². The topological polar surface area (TPSA) is 294 Å². The van der Waals surface area contributed by atoms with Crippen molar-refractivity contribution in [3.8, 4) is 11.4 Å². The molecule has 7 rings (SSSR count). The Bertz CT molecular complexity index is 3040. The fraction of sp³-hybridized carbons (Fsp3) is 0.474. The zero-order valence-electron chi connectivity index (χ0n) is 45.7. The van der Waals surface area contributed by atoms with Crippen molar-refractivity contribution < 1.29 is 57.3 Å². The summed E-state index contributed by atoms with van der Waals surface area (Å²) in [6.45, 7) is 9.45. The molecule has 0 spiro atoms. The van der Waals surface area contributed by atoms with Crippen LogP contribution in [0.2, 0.25) is 0 Å². The van der Waals surface area contributed by atoms with Gasteiger partial charge in [-0.2, -0.15) is 0 Å². The summed E-state index contributed by atoms with van der Waals surface area (Å²) < 4.78 is 28.7. The first-order chi connectivity index (χ1) is 37.8. The number of carbonyl (C=O) groups is 8. The Morgan fingerprint density at radius 3 is 2.32 bits per heavy atom. The van der Waals surface area contributed by atoms with Crippen molar-refractivity contribution in [3.63, 3.8) is 0 Å². The number of rotatable bonds is 25. The SMILES string of the molecule is C/C=C1\OCc2c(cc3n(c2=O)Cc2c-3nc3cc(F)c(C)c4c3c2[C@@H](NC(=O)C[C@@H](C)OCNC(=O)CNC(=O)[C@H](Cc2ccccc2)NC(=O)CNC(=O)CNC(=O)CCCCCNC=O)CC4)[C@@]1(O)CC.CCC(C)=O. The predicted molar refractivity (Wildman–Crippen MR) is 290 cm³/mol. The van der Waals surface area contributed by atoms with Crippen molar-refractivity contribution >= 4 is 58.5 Å². The Labute approximate surface area is 457 Å². The van der Waals surface area contributed by atoms with Gasteiger partial charge in [0.05, 0.1) is 67.2 Å². The van der Waals surface area contributed by atoms with Crippen LogP contribution < -0.4 is 42.8 Å². The fourth-order valence-corrected chi connectivity index (χ4v) is 9.84. The second kappa shape index (κ2) is 28.2. The molecule has 0 saturated heterocycles. The van der Waals surface area contributed by atoms with Gasteiger partial charge in [0, 0.05) is 48.4 Å². The average molecular weight is 1090 g/mol. The molecular weight excluding hydrogens is 1020 g/mol. The molecule has 4 atom stereocenters. The maximum Gasteiger partial charge on any atom is 0.258 e. The lowest BCUT2D eigenvalue weighted by Gasteiger charge is -2.36. The summed E-state index contributed by atoms with van der Waals surface area (Å²) in [7, 11) is 0. The number of benzene rings is 2. The van der Waals surface area contributed by atoms with E-state index in [1.54, 1.807) is 74.7 Å². The van der Waals surface area contributed by atoms with Crippen molar-refractivity contribution in [2.75, 3.05) is 32.9 Å². The number of pyridine rings is 2. The second-order valence-corrected chi connectivity index (χ2v) is 19.8. The van der Waals surface area contributed by atoms with E-state index in [-0.39, 0.29) is 75.3 Å². The fourth-order valence-electron chi connectivity index (χ4n) is 9.84. The number of halogens is 1. The van der Waals surface area contributed by atoms with E-state index in [1.807, 2.05) is 13.8 Å². The second-order valence-electron chi connectivity index (χ2n) is 19.8. The van der Waals surface area contributed by atoms with Crippen molar-refractivity contribution in [1.82, 2.24) is 46.8 Å². The first-order valence-electron chi connectivity index (χ1n) is 26.8. The van der Waals surface area contributed by atoms with Crippen molar-refractivity contribution in [1.29, 1.82) is 0 Å². The maximum atomic E-state index is 15.5. The van der Waals surface area contributed by atoms with E-state index in [1.165, 1.54) is 6.07 Å². The van der Waals surface area contributed by atoms with Crippen LogP contribution in [0, 0.1) is 12.7 Å². The first-order valence-corrected chi connectivity index (χ1v) is 26.8. The van der Waals surface area contributed by atoms with E-state index in [2.05, 4.69) is 37.2 Å². The normalized spacial score (nSPS) is 16.8. The molecule has 2 aromatic heterocycles. The number of hydrogen-bond acceptors (Lipinski definition) is 13. The molecule has 424 valence electrons. The highest BCUT2D eigenvalue weighted by atomic mass is 19.1. The largest absolute Gasteiger partial charge is 0.490 e. The number of nitrogens with one attached hydrogen (secondary N) is 7. The third kappa shape index (κ3) is 15.3. The molecule has 79 heavy (non-hydrogen) atoms. The van der Waals surface area contributed by atoms with Crippen molar-refractivity contribution in [2.45, 2.75) is 143 Å². The Balaban J connectivity index is 0.00000193. The standard InChI is InChI=1S/C53H64FN9O11.C4H8O/c1-5-42-53(72,6-2)36-21-41-50-34(26-63(41)52(71)35(36)27-73-42)49-38(17-16-33-31(4)37(54)22-39(62-50)48(33)49)60-44(66)19-30(3)74-29-59-46(68)24-58-51(70)40(20-32-13-9-7-10-14-32)61-47(69)25-57-45(67)23-56-43(65)15-11-8-12-18-55-28-64;1-3-4(2)5/h5,7,9-10,13-14,21-22,28,30,38,40,72H,6,8,11-12,15-20,23-27,29H2,1-4H3,(H,55,64)(H,56,65)(H,57,67)(H,58,70)(H,59,68)(H,60,66)(H,61,69);3H2,1-2H3/b42-5-;/t30-,38+,40+,53+;/m1./s1. The van der Waals surface area contributed by atoms with Crippen LogP contribution in [0.25, 0.3) is 22.3 Å². The van der Waals surface area contributed by atoms with Crippen LogP contribution >= 0.6 is 0 Å². The van der Waals surface area contributed by atoms with E-state index in [0.717, 1.165) is 40.5 Å². The zero-order chi connectivity index (χ0) is 57.4. The predicted octanol–water partition coefficient (Wildman–Crippen LogP) is 3.24. The van der Waals surface area contributed by atoms with Gasteiger partial charge in [0.2, 0.25) is 41.9 Å². The molecule has 0 unspecified atom stereocenters. The molecule has 4 aromatic rings. The van der Waals surface area contributed by atoms with Crippen LogP contribution in [0.3, 0.4) is 0 Å². The number of aromatic nitrogens is 2. The zero-order valence-corrected chi connectivity index (χ0v) is 45.7. The lowest BCUT2D eigenvalue weighted by Crippen LogP contribution is -2.52. The molecule has 0 radical (unpaired) electrons. The van der Waals surface area contributed by atoms with Crippen LogP contribution in [-0.4, -0.2) is 107 Å². The Morgan fingerprint density at radius 2 is 1.62 bits per heavy atom. The molecule has 2 aliphatic heterocycles. The summed E-state index contributed by atoms with van der Waals surface area (Å²) >= 11 is 0. The van der Waals surface area contributed by atoms with Crippen LogP contribution in [0.4, 0.5) is 4.39 Å². The summed E-state index contributed by atoms with van der Waals surface area (Å²) in [5.74, 6) is -3.04. The third-order valence-electron chi connectivity index (χ3n) is 14.2. The van der Waals surface area contributed by atoms with Crippen LogP contribution in [0.5, 0.6) is 0 Å². The highest BCUT2D eigenvalue weighted by Gasteiger charge is 2.43. The minimum Gasteiger partial charge on any atom is -0.490 e. The highest BCUT2D eigenvalue weighted by molar-refractivity contribution is 5.94. The van der Waals surface area contributed by atoms with E-state index in [0.29, 0.717) is 78.0 Å². The lowest BCUT2D eigenvalue weighted by molar-refractivity contribution is -0.131. The number of unbranched alkanes of at least 4 members (excludes halogenated alkanes) is 2. The summed E-state index contributed by atoms with van der Waals surface area (Å²) in [5, 5.41) is 30.8. The van der Waals surface area contributed by atoms with E-state index in [4.69, 9.17) is 14.5 Å². The molecule has 8 N–H and O–H groups in total. The monoisotopic (exact) mass is 1090 g/mol. The number of hydrogen-bond donors (Lipinski definition) is 8. The molecule has 0 bridgehead atoms. The van der Waals surface area contributed by atoms with E-state index >= 15 is 4.39 Å². The first kappa shape index (κ1) is 60.4. The van der Waals surface area contributed by atoms with Gasteiger partial charge >= 0.3 is 0 Å². The number of fused-ring (bicyclic) bond motifs is 5. The number of allylic oxidation sites excluding steroid dienone is 1. The summed E-state index contributed by atoms with van der Waals surface area (Å²) in [6.07, 6.45) is 5.65. The minimum absolute atomic E-state index is 0.0106. The molecule has 0 saturated carbocycles. The van der Waals surface area contributed by atoms with Gasteiger partial charge in [0.1, 0.15) is 42.3 Å². The number of aryl methyl sites for hydroxylation is 1. The number of Topliss-reactive ketones (excluding diaryl/α,β-unsaturated/α-hetero) is 1. The molecule has 21 nitrogen and oxygen atoms in total. The van der Waals surface area contributed by atoms with E-state index in [9.17, 15) is 48.3 Å². The van der Waals surface area contributed by atoms with Gasteiger partial charge in [-0.15, -0.1) is 0 Å². The molecular formula is C57H72FN9O12. The number of amides is 7. The molecule has 22 heteroatoms. The highest BCUT2D eigenvalue weighted by Crippen LogP contribution is 2.47. The number of carbonyl (C=O) groups excluding carboxylic acids is 8. The minimum atomic E-state index is -1.53. The molecule has 1 aliphatic carbocycles. The van der Waals surface area contributed by atoms with Crippen LogP contribution in [0.15, 0.2) is 59.1 Å². The Morgan fingerprint density at radius 1 is 0.924 bits per heavy atom. The van der Waals surface area contributed by atoms with Crippen molar-refractivity contribution in [3.05, 3.63) is 109 Å². The molecule has 2 aromatic carbocycles. The number of ketones is 1. The smallest absolute Gasteiger partial charge is 0.258 e. The van der Waals surface area contributed by atoms with Gasteiger partial charge in [0.15, 0.2) is 0 Å². The van der Waals surface area contributed by atoms with Crippen molar-refractivity contribution in [2.24, 2.45) is 0 Å². The van der Waals surface area contributed by atoms with Gasteiger partial charge in [0.25, 0.3) is 5.56 Å². The van der Waals surface area contributed by atoms with Crippen LogP contribution in [-0.2, 0) is 79.4 Å². The summed E-state index contributed by atoms with van der Waals surface area (Å²) in [5.41, 5.74) is 3.76. The number of nitrogens with zero attached hydrogens (tertiary/aromatic N) is 2. The van der Waals surface area contributed by atoms with Crippen LogP contribution in [0.1, 0.15) is 131 Å². The molecule has 4 heterocycles. The molecule has 7 amide bonds. The lowest BCUT2D eigenvalue weighted by atomic mass is 9.81. The average Bonchev–Trinajstić information content (AvgIpc) is 4.10. The summed E-state index contributed by atoms with van der Waals surface area (Å²) in [4.78, 5) is 117. The number of ether oxygens (including phenoxy) is 2.